The highest BCUT2D eigenvalue weighted by Crippen LogP contribution is 2.14. The maximum Gasteiger partial charge on any atom is 0.0866 e. The maximum atomic E-state index is 8.94. The first-order chi connectivity index (χ1) is 6.40. The molecule has 0 radical (unpaired) electrons. The SMILES string of the molecule is OCc1cnnn1CC1CCCO1. The predicted molar refractivity (Wildman–Crippen MR) is 44.9 cm³/mol. The summed E-state index contributed by atoms with van der Waals surface area (Å²) in [5, 5.41) is 16.5. The van der Waals surface area contributed by atoms with E-state index in [0.717, 1.165) is 25.1 Å². The van der Waals surface area contributed by atoms with E-state index in [-0.39, 0.29) is 12.7 Å². The normalized spacial score (nSPS) is 22.4. The minimum atomic E-state index is -0.0142. The molecular formula is C8H13N3O2. The summed E-state index contributed by atoms with van der Waals surface area (Å²) in [5.74, 6) is 0. The Morgan fingerprint density at radius 2 is 2.62 bits per heavy atom. The lowest BCUT2D eigenvalue weighted by Gasteiger charge is -2.09. The van der Waals surface area contributed by atoms with Gasteiger partial charge >= 0.3 is 0 Å². The zero-order valence-corrected chi connectivity index (χ0v) is 7.39. The zero-order chi connectivity index (χ0) is 9.10. The lowest BCUT2D eigenvalue weighted by Crippen LogP contribution is -2.17. The predicted octanol–water partition coefficient (Wildman–Crippen LogP) is -0.0506. The summed E-state index contributed by atoms with van der Waals surface area (Å²) in [4.78, 5) is 0. The van der Waals surface area contributed by atoms with Crippen molar-refractivity contribution in [1.29, 1.82) is 0 Å². The Hall–Kier alpha value is -0.940. The van der Waals surface area contributed by atoms with Gasteiger partial charge in [-0.25, -0.2) is 4.68 Å². The van der Waals surface area contributed by atoms with Crippen LogP contribution in [0.1, 0.15) is 18.5 Å². The van der Waals surface area contributed by atoms with Crippen LogP contribution in [-0.2, 0) is 17.9 Å². The molecule has 5 heteroatoms. The van der Waals surface area contributed by atoms with Crippen molar-refractivity contribution in [3.8, 4) is 0 Å². The number of rotatable bonds is 3. The van der Waals surface area contributed by atoms with Crippen molar-refractivity contribution < 1.29 is 9.84 Å². The molecule has 1 aliphatic heterocycles. The molecule has 13 heavy (non-hydrogen) atoms. The van der Waals surface area contributed by atoms with Crippen molar-refractivity contribution in [2.75, 3.05) is 6.61 Å². The number of ether oxygens (including phenoxy) is 1. The van der Waals surface area contributed by atoms with Crippen LogP contribution in [-0.4, -0.2) is 32.8 Å². The zero-order valence-electron chi connectivity index (χ0n) is 7.39. The van der Waals surface area contributed by atoms with Crippen LogP contribution in [0.25, 0.3) is 0 Å². The Balaban J connectivity index is 1.99. The van der Waals surface area contributed by atoms with E-state index < -0.39 is 0 Å². The summed E-state index contributed by atoms with van der Waals surface area (Å²) in [7, 11) is 0. The van der Waals surface area contributed by atoms with Crippen LogP contribution in [0, 0.1) is 0 Å². The van der Waals surface area contributed by atoms with Gasteiger partial charge in [0.05, 0.1) is 31.1 Å². The van der Waals surface area contributed by atoms with Crippen molar-refractivity contribution in [3.63, 3.8) is 0 Å². The summed E-state index contributed by atoms with van der Waals surface area (Å²) in [6, 6.07) is 0. The van der Waals surface area contributed by atoms with E-state index in [1.807, 2.05) is 0 Å². The van der Waals surface area contributed by atoms with Crippen molar-refractivity contribution in [2.24, 2.45) is 0 Å². The molecule has 2 rings (SSSR count). The largest absolute Gasteiger partial charge is 0.390 e. The van der Waals surface area contributed by atoms with Gasteiger partial charge in [0.15, 0.2) is 0 Å². The number of hydrogen-bond donors (Lipinski definition) is 1. The first kappa shape index (κ1) is 8.65. The van der Waals surface area contributed by atoms with E-state index in [1.165, 1.54) is 0 Å². The fraction of sp³-hybridized carbons (Fsp3) is 0.750. The van der Waals surface area contributed by atoms with E-state index in [2.05, 4.69) is 10.3 Å². The van der Waals surface area contributed by atoms with Gasteiger partial charge < -0.3 is 9.84 Å². The third kappa shape index (κ3) is 1.87. The highest BCUT2D eigenvalue weighted by molar-refractivity contribution is 4.91. The number of aliphatic hydroxyl groups is 1. The topological polar surface area (TPSA) is 60.2 Å². The summed E-state index contributed by atoms with van der Waals surface area (Å²) < 4.78 is 7.16. The molecule has 1 aliphatic rings. The second-order valence-electron chi connectivity index (χ2n) is 3.20. The first-order valence-corrected chi connectivity index (χ1v) is 4.50. The van der Waals surface area contributed by atoms with Gasteiger partial charge in [-0.1, -0.05) is 5.21 Å². The minimum absolute atomic E-state index is 0.0142. The highest BCUT2D eigenvalue weighted by Gasteiger charge is 2.17. The fourth-order valence-corrected chi connectivity index (χ4v) is 1.54. The number of nitrogens with zero attached hydrogens (tertiary/aromatic N) is 3. The quantitative estimate of drug-likeness (QED) is 0.713. The molecule has 1 aromatic rings. The Labute approximate surface area is 76.3 Å². The molecule has 1 atom stereocenters. The van der Waals surface area contributed by atoms with Crippen LogP contribution in [0.5, 0.6) is 0 Å². The molecule has 1 aromatic heterocycles. The Bertz CT molecular complexity index is 268. The lowest BCUT2D eigenvalue weighted by molar-refractivity contribution is 0.0914. The molecular weight excluding hydrogens is 170 g/mol. The second kappa shape index (κ2) is 3.85. The Morgan fingerprint density at radius 3 is 3.31 bits per heavy atom. The standard InChI is InChI=1S/C8H13N3O2/c12-6-7-4-9-10-11(7)5-8-2-1-3-13-8/h4,8,12H,1-3,5-6H2. The summed E-state index contributed by atoms with van der Waals surface area (Å²) in [6.45, 7) is 1.53. The van der Waals surface area contributed by atoms with Gasteiger partial charge in [0.1, 0.15) is 0 Å². The third-order valence-corrected chi connectivity index (χ3v) is 2.26. The van der Waals surface area contributed by atoms with Gasteiger partial charge in [0.2, 0.25) is 0 Å². The van der Waals surface area contributed by atoms with Gasteiger partial charge in [-0.2, -0.15) is 0 Å². The monoisotopic (exact) mass is 183 g/mol. The van der Waals surface area contributed by atoms with Gasteiger partial charge in [-0.05, 0) is 12.8 Å². The molecule has 0 spiro atoms. The number of hydrogen-bond acceptors (Lipinski definition) is 4. The van der Waals surface area contributed by atoms with Crippen molar-refractivity contribution >= 4 is 0 Å². The van der Waals surface area contributed by atoms with Gasteiger partial charge in [-0.15, -0.1) is 5.10 Å². The van der Waals surface area contributed by atoms with Crippen LogP contribution in [0.4, 0.5) is 0 Å². The van der Waals surface area contributed by atoms with Crippen molar-refractivity contribution in [2.45, 2.75) is 32.1 Å². The first-order valence-electron chi connectivity index (χ1n) is 4.50. The van der Waals surface area contributed by atoms with E-state index in [4.69, 9.17) is 9.84 Å². The Kier molecular flexibility index (Phi) is 2.56. The van der Waals surface area contributed by atoms with E-state index in [9.17, 15) is 0 Å². The van der Waals surface area contributed by atoms with Crippen LogP contribution < -0.4 is 0 Å². The van der Waals surface area contributed by atoms with E-state index in [0.29, 0.717) is 6.54 Å². The molecule has 5 nitrogen and oxygen atoms in total. The van der Waals surface area contributed by atoms with Crippen molar-refractivity contribution in [3.05, 3.63) is 11.9 Å². The van der Waals surface area contributed by atoms with Crippen LogP contribution >= 0.6 is 0 Å². The average molecular weight is 183 g/mol. The molecule has 2 heterocycles. The van der Waals surface area contributed by atoms with Gasteiger partial charge in [0, 0.05) is 6.61 Å². The molecule has 1 unspecified atom stereocenters. The lowest BCUT2D eigenvalue weighted by atomic mass is 10.2. The minimum Gasteiger partial charge on any atom is -0.390 e. The molecule has 1 N–H and O–H groups in total. The number of aromatic nitrogens is 3. The van der Waals surface area contributed by atoms with E-state index >= 15 is 0 Å². The van der Waals surface area contributed by atoms with Crippen LogP contribution in [0.15, 0.2) is 6.20 Å². The summed E-state index contributed by atoms with van der Waals surface area (Å²) in [6.07, 6.45) is 4.01. The summed E-state index contributed by atoms with van der Waals surface area (Å²) in [5.41, 5.74) is 0.746. The summed E-state index contributed by atoms with van der Waals surface area (Å²) >= 11 is 0. The van der Waals surface area contributed by atoms with Crippen LogP contribution in [0.3, 0.4) is 0 Å². The Morgan fingerprint density at radius 1 is 1.69 bits per heavy atom. The third-order valence-electron chi connectivity index (χ3n) is 2.26. The molecule has 0 aliphatic carbocycles. The molecule has 72 valence electrons. The smallest absolute Gasteiger partial charge is 0.0866 e. The number of aliphatic hydroxyl groups excluding tert-OH is 1. The highest BCUT2D eigenvalue weighted by atomic mass is 16.5. The van der Waals surface area contributed by atoms with Gasteiger partial charge in [-0.3, -0.25) is 0 Å². The molecule has 0 amide bonds. The molecule has 0 saturated carbocycles. The van der Waals surface area contributed by atoms with Crippen molar-refractivity contribution in [1.82, 2.24) is 15.0 Å². The average Bonchev–Trinajstić information content (AvgIpc) is 2.76. The fourth-order valence-electron chi connectivity index (χ4n) is 1.54. The van der Waals surface area contributed by atoms with E-state index in [1.54, 1.807) is 10.9 Å². The molecule has 1 saturated heterocycles. The van der Waals surface area contributed by atoms with Gasteiger partial charge in [0.25, 0.3) is 0 Å². The maximum absolute atomic E-state index is 8.94. The second-order valence-corrected chi connectivity index (χ2v) is 3.20. The molecule has 1 fully saturated rings. The molecule has 0 bridgehead atoms. The van der Waals surface area contributed by atoms with Crippen LogP contribution in [0.2, 0.25) is 0 Å². The molecule has 0 aromatic carbocycles.